The monoisotopic (exact) mass is 309 g/mol. The van der Waals surface area contributed by atoms with E-state index >= 15 is 0 Å². The van der Waals surface area contributed by atoms with E-state index in [-0.39, 0.29) is 22.9 Å². The van der Waals surface area contributed by atoms with Crippen molar-refractivity contribution in [2.75, 3.05) is 13.7 Å². The molecule has 1 aromatic carbocycles. The SMILES string of the molecule is COC(=O)CCCNS(=O)(=O)c1ccc(F)c(Cl)c1. The zero-order valence-electron chi connectivity index (χ0n) is 10.2. The number of nitrogens with one attached hydrogen (secondary N) is 1. The molecule has 0 fully saturated rings. The van der Waals surface area contributed by atoms with E-state index < -0.39 is 21.8 Å². The van der Waals surface area contributed by atoms with Crippen LogP contribution in [0.15, 0.2) is 23.1 Å². The first-order valence-corrected chi connectivity index (χ1v) is 7.24. The van der Waals surface area contributed by atoms with Crippen LogP contribution in [0.4, 0.5) is 4.39 Å². The maximum Gasteiger partial charge on any atom is 0.305 e. The van der Waals surface area contributed by atoms with Gasteiger partial charge in [0.05, 0.1) is 17.0 Å². The highest BCUT2D eigenvalue weighted by atomic mass is 35.5. The van der Waals surface area contributed by atoms with Crippen LogP contribution in [0.5, 0.6) is 0 Å². The summed E-state index contributed by atoms with van der Waals surface area (Å²) in [4.78, 5) is 10.7. The number of carbonyl (C=O) groups is 1. The number of esters is 1. The Hall–Kier alpha value is -1.18. The number of hydrogen-bond acceptors (Lipinski definition) is 4. The molecule has 0 atom stereocenters. The molecule has 0 unspecified atom stereocenters. The number of rotatable bonds is 6. The lowest BCUT2D eigenvalue weighted by molar-refractivity contribution is -0.140. The van der Waals surface area contributed by atoms with E-state index in [9.17, 15) is 17.6 Å². The summed E-state index contributed by atoms with van der Waals surface area (Å²) in [6.07, 6.45) is 0.421. The molecule has 0 radical (unpaired) electrons. The lowest BCUT2D eigenvalue weighted by atomic mass is 10.3. The van der Waals surface area contributed by atoms with Crippen LogP contribution in [-0.4, -0.2) is 28.0 Å². The number of methoxy groups -OCH3 is 1. The zero-order chi connectivity index (χ0) is 14.5. The molecular weight excluding hydrogens is 297 g/mol. The molecule has 19 heavy (non-hydrogen) atoms. The molecule has 0 amide bonds. The Balaban J connectivity index is 2.61. The van der Waals surface area contributed by atoms with Crippen LogP contribution in [0.3, 0.4) is 0 Å². The van der Waals surface area contributed by atoms with Gasteiger partial charge in [-0.1, -0.05) is 11.6 Å². The highest BCUT2D eigenvalue weighted by molar-refractivity contribution is 7.89. The van der Waals surface area contributed by atoms with Crippen molar-refractivity contribution in [3.8, 4) is 0 Å². The number of sulfonamides is 1. The van der Waals surface area contributed by atoms with E-state index in [2.05, 4.69) is 9.46 Å². The van der Waals surface area contributed by atoms with Crippen molar-refractivity contribution < 1.29 is 22.3 Å². The Morgan fingerprint density at radius 3 is 2.74 bits per heavy atom. The summed E-state index contributed by atoms with van der Waals surface area (Å²) in [7, 11) is -2.50. The smallest absolute Gasteiger partial charge is 0.305 e. The van der Waals surface area contributed by atoms with Gasteiger partial charge < -0.3 is 4.74 Å². The van der Waals surface area contributed by atoms with E-state index in [1.807, 2.05) is 0 Å². The molecule has 1 rings (SSSR count). The van der Waals surface area contributed by atoms with Crippen molar-refractivity contribution in [1.29, 1.82) is 0 Å². The Kier molecular flexibility index (Phi) is 5.71. The number of benzene rings is 1. The van der Waals surface area contributed by atoms with Crippen LogP contribution < -0.4 is 4.72 Å². The average Bonchev–Trinajstić information content (AvgIpc) is 2.37. The Morgan fingerprint density at radius 1 is 1.47 bits per heavy atom. The summed E-state index contributed by atoms with van der Waals surface area (Å²) in [5.74, 6) is -1.10. The van der Waals surface area contributed by atoms with Gasteiger partial charge >= 0.3 is 5.97 Å². The van der Waals surface area contributed by atoms with Gasteiger partial charge in [0.15, 0.2) is 0 Å². The second-order valence-electron chi connectivity index (χ2n) is 3.65. The molecule has 8 heteroatoms. The first-order chi connectivity index (χ1) is 8.86. The van der Waals surface area contributed by atoms with Gasteiger partial charge in [-0.15, -0.1) is 0 Å². The summed E-state index contributed by atoms with van der Waals surface area (Å²) < 4.78 is 43.2. The normalized spacial score (nSPS) is 11.3. The molecule has 0 saturated heterocycles. The highest BCUT2D eigenvalue weighted by Crippen LogP contribution is 2.19. The number of hydrogen-bond donors (Lipinski definition) is 1. The molecule has 0 heterocycles. The quantitative estimate of drug-likeness (QED) is 0.641. The third-order valence-corrected chi connectivity index (χ3v) is 4.03. The molecule has 1 N–H and O–H groups in total. The average molecular weight is 310 g/mol. The van der Waals surface area contributed by atoms with E-state index in [4.69, 9.17) is 11.6 Å². The summed E-state index contributed by atoms with van der Waals surface area (Å²) in [6, 6.07) is 3.12. The predicted molar refractivity (Wildman–Crippen MR) is 67.8 cm³/mol. The molecule has 0 aliphatic carbocycles. The lowest BCUT2D eigenvalue weighted by Crippen LogP contribution is -2.25. The standard InChI is InChI=1S/C11H13ClFNO4S/c1-18-11(15)3-2-6-14-19(16,17)8-4-5-10(13)9(12)7-8/h4-5,7,14H,2-3,6H2,1H3. The van der Waals surface area contributed by atoms with Crippen molar-refractivity contribution in [2.24, 2.45) is 0 Å². The largest absolute Gasteiger partial charge is 0.469 e. The maximum atomic E-state index is 12.9. The summed E-state index contributed by atoms with van der Waals surface area (Å²) >= 11 is 5.51. The van der Waals surface area contributed by atoms with Crippen LogP contribution in [0.2, 0.25) is 5.02 Å². The van der Waals surface area contributed by atoms with Gasteiger partial charge in [-0.2, -0.15) is 0 Å². The third-order valence-electron chi connectivity index (χ3n) is 2.28. The maximum absolute atomic E-state index is 12.9. The molecule has 0 aliphatic rings. The van der Waals surface area contributed by atoms with E-state index in [1.165, 1.54) is 7.11 Å². The highest BCUT2D eigenvalue weighted by Gasteiger charge is 2.15. The van der Waals surface area contributed by atoms with Crippen molar-refractivity contribution in [1.82, 2.24) is 4.72 Å². The Bertz CT molecular complexity index is 562. The topological polar surface area (TPSA) is 72.5 Å². The van der Waals surface area contributed by atoms with Crippen molar-refractivity contribution >= 4 is 27.6 Å². The summed E-state index contributed by atoms with van der Waals surface area (Å²) in [6.45, 7) is 0.0758. The zero-order valence-corrected chi connectivity index (χ0v) is 11.7. The van der Waals surface area contributed by atoms with Gasteiger partial charge in [0.2, 0.25) is 10.0 Å². The first kappa shape index (κ1) is 15.9. The van der Waals surface area contributed by atoms with Gasteiger partial charge in [-0.05, 0) is 24.6 Å². The minimum absolute atomic E-state index is 0.0758. The second-order valence-corrected chi connectivity index (χ2v) is 5.83. The van der Waals surface area contributed by atoms with Gasteiger partial charge in [0.25, 0.3) is 0 Å². The van der Waals surface area contributed by atoms with Crippen LogP contribution in [0.1, 0.15) is 12.8 Å². The second kappa shape index (κ2) is 6.83. The van der Waals surface area contributed by atoms with Gasteiger partial charge in [-0.3, -0.25) is 4.79 Å². The van der Waals surface area contributed by atoms with E-state index in [0.29, 0.717) is 6.42 Å². The van der Waals surface area contributed by atoms with Crippen LogP contribution >= 0.6 is 11.6 Å². The summed E-state index contributed by atoms with van der Waals surface area (Å²) in [5.41, 5.74) is 0. The molecule has 0 saturated carbocycles. The number of halogens is 2. The Morgan fingerprint density at radius 2 is 2.16 bits per heavy atom. The molecule has 0 aromatic heterocycles. The van der Waals surface area contributed by atoms with Crippen LogP contribution in [0.25, 0.3) is 0 Å². The van der Waals surface area contributed by atoms with Crippen LogP contribution in [0, 0.1) is 5.82 Å². The van der Waals surface area contributed by atoms with Crippen molar-refractivity contribution in [3.63, 3.8) is 0 Å². The minimum atomic E-state index is -3.76. The fourth-order valence-electron chi connectivity index (χ4n) is 1.27. The van der Waals surface area contributed by atoms with Crippen molar-refractivity contribution in [3.05, 3.63) is 29.0 Å². The molecule has 0 bridgehead atoms. The third kappa shape index (κ3) is 4.77. The first-order valence-electron chi connectivity index (χ1n) is 5.38. The fourth-order valence-corrected chi connectivity index (χ4v) is 2.61. The molecule has 1 aromatic rings. The van der Waals surface area contributed by atoms with Gasteiger partial charge in [0.1, 0.15) is 5.82 Å². The van der Waals surface area contributed by atoms with Crippen molar-refractivity contribution in [2.45, 2.75) is 17.7 Å². The fraction of sp³-hybridized carbons (Fsp3) is 0.364. The molecule has 0 spiro atoms. The minimum Gasteiger partial charge on any atom is -0.469 e. The molecule has 0 aliphatic heterocycles. The van der Waals surface area contributed by atoms with Crippen LogP contribution in [-0.2, 0) is 19.6 Å². The van der Waals surface area contributed by atoms with E-state index in [1.54, 1.807) is 0 Å². The lowest BCUT2D eigenvalue weighted by Gasteiger charge is -2.07. The molecule has 106 valence electrons. The van der Waals surface area contributed by atoms with Gasteiger partial charge in [-0.25, -0.2) is 17.5 Å². The predicted octanol–water partition coefficient (Wildman–Crippen LogP) is 1.71. The summed E-state index contributed by atoms with van der Waals surface area (Å²) in [5, 5.41) is -0.266. The number of carbonyl (C=O) groups excluding carboxylic acids is 1. The molecule has 5 nitrogen and oxygen atoms in total. The molecular formula is C11H13ClFNO4S. The van der Waals surface area contributed by atoms with E-state index in [0.717, 1.165) is 18.2 Å². The number of ether oxygens (including phenoxy) is 1. The Labute approximate surface area is 115 Å². The van der Waals surface area contributed by atoms with Gasteiger partial charge in [0, 0.05) is 13.0 Å².